The normalized spacial score (nSPS) is 25.4. The average molecular weight is 433 g/mol. The summed E-state index contributed by atoms with van der Waals surface area (Å²) in [5, 5.41) is 0. The van der Waals surface area contributed by atoms with Gasteiger partial charge in [0.1, 0.15) is 29.3 Å². The lowest BCUT2D eigenvalue weighted by Crippen LogP contribution is -2.17. The zero-order chi connectivity index (χ0) is 22.1. The minimum absolute atomic E-state index is 0.0214. The molecule has 0 spiro atoms. The molecule has 170 valence electrons. The fourth-order valence-electron chi connectivity index (χ4n) is 3.26. The first-order chi connectivity index (χ1) is 15.1. The molecule has 2 aliphatic heterocycles. The maximum absolute atomic E-state index is 13.1. The van der Waals surface area contributed by atoms with E-state index in [0.29, 0.717) is 42.3 Å². The van der Waals surface area contributed by atoms with Crippen LogP contribution in [-0.2, 0) is 18.9 Å². The molecule has 0 N–H and O–H groups in total. The summed E-state index contributed by atoms with van der Waals surface area (Å²) in [7, 11) is 0. The number of esters is 1. The lowest BCUT2D eigenvalue weighted by atomic mass is 10.0. The first-order valence-electron chi connectivity index (χ1n) is 10.9. The molecule has 7 heteroatoms. The number of benzene rings is 1. The van der Waals surface area contributed by atoms with Crippen molar-refractivity contribution in [2.24, 2.45) is 0 Å². The largest absolute Gasteiger partial charge is 0.467 e. The molecular weight excluding hydrogens is 400 g/mol. The molecule has 31 heavy (non-hydrogen) atoms. The molecule has 0 amide bonds. The van der Waals surface area contributed by atoms with Gasteiger partial charge in [0, 0.05) is 25.7 Å². The third-order valence-electron chi connectivity index (χ3n) is 4.96. The maximum Gasteiger partial charge on any atom is 0.342 e. The fraction of sp³-hybridized carbons (Fsp3) is 0.542. The van der Waals surface area contributed by atoms with Crippen LogP contribution in [0.4, 0.5) is 0 Å². The van der Waals surface area contributed by atoms with Crippen LogP contribution in [0.2, 0.25) is 0 Å². The Morgan fingerprint density at radius 2 is 1.84 bits per heavy atom. The Bertz CT molecular complexity index is 786. The van der Waals surface area contributed by atoms with Crippen LogP contribution < -0.4 is 9.47 Å². The van der Waals surface area contributed by atoms with Gasteiger partial charge < -0.3 is 28.4 Å². The highest BCUT2D eigenvalue weighted by Crippen LogP contribution is 2.33. The standard InChI is InChI=1S/C24H32O7/c1-4-26-15-28-19-13-18-10-6-7-11-20-21(31-20)12-8-9-17(3)30-24(25)23(18)22(14-19)29-16-27-5-2/h6,8,10,12-14,17,20-21H,4-5,7,9,11,15-16H2,1-3H3/b10-6+,12-8+/t17-,20-,21-/m0/s1. The number of carbonyl (C=O) groups excluding carboxylic acids is 1. The molecular formula is C24H32O7. The van der Waals surface area contributed by atoms with Gasteiger partial charge in [-0.15, -0.1) is 0 Å². The first kappa shape index (κ1) is 23.3. The Morgan fingerprint density at radius 3 is 2.61 bits per heavy atom. The van der Waals surface area contributed by atoms with Gasteiger partial charge in [0.2, 0.25) is 0 Å². The molecule has 0 saturated carbocycles. The summed E-state index contributed by atoms with van der Waals surface area (Å²) in [6.07, 6.45) is 10.5. The number of rotatable bonds is 8. The summed E-state index contributed by atoms with van der Waals surface area (Å²) in [6.45, 7) is 6.82. The summed E-state index contributed by atoms with van der Waals surface area (Å²) in [4.78, 5) is 13.1. The Morgan fingerprint density at radius 1 is 1.06 bits per heavy atom. The number of fused-ring (bicyclic) bond motifs is 2. The van der Waals surface area contributed by atoms with Gasteiger partial charge in [-0.05, 0) is 45.2 Å². The second-order valence-electron chi connectivity index (χ2n) is 7.39. The monoisotopic (exact) mass is 432 g/mol. The van der Waals surface area contributed by atoms with Crippen LogP contribution in [0, 0.1) is 0 Å². The zero-order valence-electron chi connectivity index (χ0n) is 18.5. The summed E-state index contributed by atoms with van der Waals surface area (Å²) in [5.41, 5.74) is 1.02. The van der Waals surface area contributed by atoms with E-state index in [1.807, 2.05) is 39.0 Å². The molecule has 1 aromatic rings. The van der Waals surface area contributed by atoms with Crippen LogP contribution in [0.3, 0.4) is 0 Å². The van der Waals surface area contributed by atoms with Gasteiger partial charge in [0.15, 0.2) is 13.6 Å². The fourth-order valence-corrected chi connectivity index (χ4v) is 3.26. The predicted octanol–water partition coefficient (Wildman–Crippen LogP) is 4.50. The molecule has 0 radical (unpaired) electrons. The molecule has 1 saturated heterocycles. The second-order valence-corrected chi connectivity index (χ2v) is 7.39. The van der Waals surface area contributed by atoms with Crippen LogP contribution in [0.1, 0.15) is 56.0 Å². The van der Waals surface area contributed by atoms with Gasteiger partial charge in [0.05, 0.1) is 6.10 Å². The van der Waals surface area contributed by atoms with Crippen LogP contribution in [0.5, 0.6) is 11.5 Å². The van der Waals surface area contributed by atoms with Crippen molar-refractivity contribution in [1.29, 1.82) is 0 Å². The highest BCUT2D eigenvalue weighted by atomic mass is 16.7. The molecule has 0 bridgehead atoms. The van der Waals surface area contributed by atoms with E-state index in [4.69, 9.17) is 28.4 Å². The van der Waals surface area contributed by atoms with Crippen LogP contribution in [0.15, 0.2) is 30.4 Å². The van der Waals surface area contributed by atoms with Crippen molar-refractivity contribution in [1.82, 2.24) is 0 Å². The van der Waals surface area contributed by atoms with Crippen LogP contribution >= 0.6 is 0 Å². The van der Waals surface area contributed by atoms with E-state index in [9.17, 15) is 4.79 Å². The minimum atomic E-state index is -0.444. The number of hydrogen-bond acceptors (Lipinski definition) is 7. The van der Waals surface area contributed by atoms with Gasteiger partial charge in [-0.3, -0.25) is 0 Å². The van der Waals surface area contributed by atoms with Crippen LogP contribution in [0.25, 0.3) is 6.08 Å². The minimum Gasteiger partial charge on any atom is -0.467 e. The predicted molar refractivity (Wildman–Crippen MR) is 116 cm³/mol. The number of ether oxygens (including phenoxy) is 6. The third kappa shape index (κ3) is 7.09. The van der Waals surface area contributed by atoms with Crippen molar-refractivity contribution in [2.75, 3.05) is 26.8 Å². The summed E-state index contributed by atoms with van der Waals surface area (Å²) >= 11 is 0. The van der Waals surface area contributed by atoms with Gasteiger partial charge in [0.25, 0.3) is 0 Å². The van der Waals surface area contributed by atoms with E-state index >= 15 is 0 Å². The smallest absolute Gasteiger partial charge is 0.342 e. The van der Waals surface area contributed by atoms with E-state index < -0.39 is 5.97 Å². The zero-order valence-corrected chi connectivity index (χ0v) is 18.5. The Hall–Kier alpha value is -2.35. The lowest BCUT2D eigenvalue weighted by molar-refractivity contribution is 0.0162. The van der Waals surface area contributed by atoms with E-state index in [1.165, 1.54) is 0 Å². The van der Waals surface area contributed by atoms with E-state index in [1.54, 1.807) is 12.1 Å². The number of allylic oxidation sites excluding steroid dienone is 1. The number of carbonyl (C=O) groups is 1. The van der Waals surface area contributed by atoms with Gasteiger partial charge in [-0.25, -0.2) is 4.79 Å². The number of epoxide rings is 1. The molecule has 3 rings (SSSR count). The summed E-state index contributed by atoms with van der Waals surface area (Å²) < 4.78 is 33.5. The van der Waals surface area contributed by atoms with Crippen molar-refractivity contribution < 1.29 is 33.2 Å². The first-order valence-corrected chi connectivity index (χ1v) is 10.9. The SMILES string of the molecule is CCOCOc1cc2c(c(OCOCC)c1)C(=O)O[C@@H](C)C/C=C/[C@@H]1O[C@H]1CC/C=C/2. The quantitative estimate of drug-likeness (QED) is 0.197. The molecule has 0 aliphatic carbocycles. The van der Waals surface area contributed by atoms with Crippen molar-refractivity contribution in [2.45, 2.75) is 58.3 Å². The van der Waals surface area contributed by atoms with Gasteiger partial charge >= 0.3 is 5.97 Å². The second kappa shape index (κ2) is 11.9. The molecule has 0 aromatic heterocycles. The van der Waals surface area contributed by atoms with Gasteiger partial charge in [-0.1, -0.05) is 24.3 Å². The Labute approximate surface area is 183 Å². The third-order valence-corrected chi connectivity index (χ3v) is 4.96. The van der Waals surface area contributed by atoms with E-state index in [0.717, 1.165) is 12.8 Å². The highest BCUT2D eigenvalue weighted by molar-refractivity contribution is 5.97. The lowest BCUT2D eigenvalue weighted by Gasteiger charge is -2.18. The molecule has 2 aliphatic rings. The van der Waals surface area contributed by atoms with Gasteiger partial charge in [-0.2, -0.15) is 0 Å². The van der Waals surface area contributed by atoms with Crippen molar-refractivity contribution >= 4 is 12.0 Å². The summed E-state index contributed by atoms with van der Waals surface area (Å²) in [6, 6.07) is 3.47. The molecule has 3 atom stereocenters. The molecule has 2 heterocycles. The van der Waals surface area contributed by atoms with Crippen molar-refractivity contribution in [3.8, 4) is 11.5 Å². The van der Waals surface area contributed by atoms with Crippen molar-refractivity contribution in [3.63, 3.8) is 0 Å². The van der Waals surface area contributed by atoms with Crippen LogP contribution in [-0.4, -0.2) is 51.1 Å². The Balaban J connectivity index is 1.92. The van der Waals surface area contributed by atoms with E-state index in [-0.39, 0.29) is 31.9 Å². The Kier molecular flexibility index (Phi) is 8.94. The number of hydrogen-bond donors (Lipinski definition) is 0. The van der Waals surface area contributed by atoms with Crippen molar-refractivity contribution in [3.05, 3.63) is 41.5 Å². The maximum atomic E-state index is 13.1. The number of cyclic esters (lactones) is 1. The molecule has 7 nitrogen and oxygen atoms in total. The summed E-state index contributed by atoms with van der Waals surface area (Å²) in [5.74, 6) is 0.451. The molecule has 1 aromatic carbocycles. The highest BCUT2D eigenvalue weighted by Gasteiger charge is 2.35. The van der Waals surface area contributed by atoms with E-state index in [2.05, 4.69) is 6.08 Å². The molecule has 0 unspecified atom stereocenters. The average Bonchev–Trinajstić information content (AvgIpc) is 3.49. The molecule has 1 fully saturated rings. The topological polar surface area (TPSA) is 75.8 Å².